The molecule has 1 aromatic heterocycles. The van der Waals surface area contributed by atoms with E-state index in [1.165, 1.54) is 0 Å². The summed E-state index contributed by atoms with van der Waals surface area (Å²) in [5, 5.41) is 12.2. The number of rotatable bonds is 1. The molecule has 0 unspecified atom stereocenters. The van der Waals surface area contributed by atoms with Crippen molar-refractivity contribution >= 4 is 50.0 Å². The number of aliphatic hydroxyl groups excluding tert-OH is 1. The third-order valence-corrected chi connectivity index (χ3v) is 4.46. The van der Waals surface area contributed by atoms with Crippen molar-refractivity contribution in [1.29, 1.82) is 0 Å². The Morgan fingerprint density at radius 1 is 1.54 bits per heavy atom. The van der Waals surface area contributed by atoms with Crippen LogP contribution in [-0.2, 0) is 6.61 Å². The van der Waals surface area contributed by atoms with E-state index in [2.05, 4.69) is 28.6 Å². The molecule has 68 valence electrons. The highest BCUT2D eigenvalue weighted by Gasteiger charge is 2.08. The summed E-state index contributed by atoms with van der Waals surface area (Å²) >= 11 is 9.48. The van der Waals surface area contributed by atoms with Crippen LogP contribution >= 0.6 is 39.9 Å². The van der Waals surface area contributed by atoms with Crippen molar-refractivity contribution in [2.75, 3.05) is 0 Å². The number of halogens is 1. The number of hydrogen-bond acceptors (Lipinski definition) is 3. The Hall–Kier alpha value is -0.0300. The molecule has 0 amide bonds. The molecule has 13 heavy (non-hydrogen) atoms. The normalized spacial score (nSPS) is 11.0. The van der Waals surface area contributed by atoms with Crippen LogP contribution < -0.4 is 0 Å². The molecule has 0 aliphatic rings. The summed E-state index contributed by atoms with van der Waals surface area (Å²) in [7, 11) is 0. The topological polar surface area (TPSA) is 20.2 Å². The molecular formula is C9H7BrOS2. The van der Waals surface area contributed by atoms with Crippen molar-refractivity contribution < 1.29 is 5.11 Å². The molecule has 0 aliphatic heterocycles. The molecule has 0 saturated heterocycles. The Morgan fingerprint density at radius 3 is 3.00 bits per heavy atom. The third-order valence-electron chi connectivity index (χ3n) is 1.92. The summed E-state index contributed by atoms with van der Waals surface area (Å²) in [5.74, 6) is 0. The molecule has 0 saturated carbocycles. The van der Waals surface area contributed by atoms with Crippen LogP contribution in [0, 0.1) is 0 Å². The highest BCUT2D eigenvalue weighted by molar-refractivity contribution is 9.10. The van der Waals surface area contributed by atoms with Crippen LogP contribution in [0.15, 0.2) is 26.9 Å². The van der Waals surface area contributed by atoms with Crippen LogP contribution in [0.3, 0.4) is 0 Å². The van der Waals surface area contributed by atoms with E-state index in [1.54, 1.807) is 11.3 Å². The number of thiol groups is 1. The van der Waals surface area contributed by atoms with Gasteiger partial charge in [-0.3, -0.25) is 0 Å². The van der Waals surface area contributed by atoms with Crippen LogP contribution in [0.5, 0.6) is 0 Å². The van der Waals surface area contributed by atoms with Crippen molar-refractivity contribution in [3.63, 3.8) is 0 Å². The minimum absolute atomic E-state index is 0.0436. The summed E-state index contributed by atoms with van der Waals surface area (Å²) < 4.78 is 2.06. The zero-order valence-electron chi connectivity index (χ0n) is 6.62. The van der Waals surface area contributed by atoms with Gasteiger partial charge in [-0.05, 0) is 39.0 Å². The Bertz CT molecular complexity index is 450. The molecule has 0 fully saturated rings. The molecule has 1 heterocycles. The molecule has 0 bridgehead atoms. The van der Waals surface area contributed by atoms with Gasteiger partial charge in [0.1, 0.15) is 0 Å². The van der Waals surface area contributed by atoms with E-state index >= 15 is 0 Å². The molecule has 0 spiro atoms. The average molecular weight is 275 g/mol. The minimum Gasteiger partial charge on any atom is -0.392 e. The van der Waals surface area contributed by atoms with Crippen LogP contribution in [0.4, 0.5) is 0 Å². The highest BCUT2D eigenvalue weighted by Crippen LogP contribution is 2.35. The molecule has 4 heteroatoms. The minimum atomic E-state index is 0.0436. The van der Waals surface area contributed by atoms with Gasteiger partial charge in [-0.25, -0.2) is 0 Å². The van der Waals surface area contributed by atoms with Gasteiger partial charge < -0.3 is 5.11 Å². The molecule has 1 N–H and O–H groups in total. The Labute approximate surface area is 93.9 Å². The first kappa shape index (κ1) is 9.52. The van der Waals surface area contributed by atoms with E-state index in [0.717, 1.165) is 25.0 Å². The maximum Gasteiger partial charge on any atom is 0.0693 e. The van der Waals surface area contributed by atoms with Gasteiger partial charge in [-0.2, -0.15) is 0 Å². The summed E-state index contributed by atoms with van der Waals surface area (Å²) in [6.07, 6.45) is 0. The fraction of sp³-hybridized carbons (Fsp3) is 0.111. The lowest BCUT2D eigenvalue weighted by Gasteiger charge is -2.04. The molecule has 1 nitrogen and oxygen atoms in total. The van der Waals surface area contributed by atoms with E-state index in [-0.39, 0.29) is 6.61 Å². The average Bonchev–Trinajstić information content (AvgIpc) is 2.59. The fourth-order valence-corrected chi connectivity index (χ4v) is 2.96. The van der Waals surface area contributed by atoms with Crippen molar-refractivity contribution in [1.82, 2.24) is 0 Å². The highest BCUT2D eigenvalue weighted by atomic mass is 79.9. The molecule has 2 aromatic rings. The second-order valence-electron chi connectivity index (χ2n) is 2.69. The van der Waals surface area contributed by atoms with Gasteiger partial charge >= 0.3 is 0 Å². The maximum absolute atomic E-state index is 9.08. The smallest absolute Gasteiger partial charge is 0.0693 e. The largest absolute Gasteiger partial charge is 0.392 e. The second kappa shape index (κ2) is 3.61. The first-order valence-corrected chi connectivity index (χ1v) is 5.84. The molecule has 0 radical (unpaired) electrons. The maximum atomic E-state index is 9.08. The number of benzene rings is 1. The van der Waals surface area contributed by atoms with Gasteiger partial charge in [0.2, 0.25) is 0 Å². The number of thiophene rings is 1. The Kier molecular flexibility index (Phi) is 2.65. The molecule has 1 aromatic carbocycles. The van der Waals surface area contributed by atoms with Crippen LogP contribution in [0.25, 0.3) is 10.1 Å². The third kappa shape index (κ3) is 1.52. The standard InChI is InChI=1S/C9H7BrOS2/c10-8-5(4-11)3-7-6(9(8)12)1-2-13-7/h1-3,11-12H,4H2. The van der Waals surface area contributed by atoms with Crippen molar-refractivity contribution in [2.24, 2.45) is 0 Å². The fourth-order valence-electron chi connectivity index (χ4n) is 1.24. The van der Waals surface area contributed by atoms with Gasteiger partial charge in [-0.15, -0.1) is 24.0 Å². The first-order chi connectivity index (χ1) is 6.24. The van der Waals surface area contributed by atoms with Crippen molar-refractivity contribution in [3.8, 4) is 0 Å². The van der Waals surface area contributed by atoms with Gasteiger partial charge in [-0.1, -0.05) is 0 Å². The molecular weight excluding hydrogens is 268 g/mol. The van der Waals surface area contributed by atoms with Crippen LogP contribution in [0.2, 0.25) is 0 Å². The monoisotopic (exact) mass is 274 g/mol. The first-order valence-electron chi connectivity index (χ1n) is 3.72. The SMILES string of the molecule is OCc1cc2sccc2c(S)c1Br. The summed E-state index contributed by atoms with van der Waals surface area (Å²) in [6.45, 7) is 0.0436. The zero-order chi connectivity index (χ0) is 9.42. The zero-order valence-corrected chi connectivity index (χ0v) is 9.92. The van der Waals surface area contributed by atoms with Gasteiger partial charge in [0.15, 0.2) is 0 Å². The Balaban J connectivity index is 2.83. The van der Waals surface area contributed by atoms with E-state index in [9.17, 15) is 0 Å². The van der Waals surface area contributed by atoms with Crippen LogP contribution in [0.1, 0.15) is 5.56 Å². The van der Waals surface area contributed by atoms with Crippen molar-refractivity contribution in [3.05, 3.63) is 27.5 Å². The van der Waals surface area contributed by atoms with E-state index in [1.807, 2.05) is 17.5 Å². The number of hydrogen-bond donors (Lipinski definition) is 2. The second-order valence-corrected chi connectivity index (χ2v) is 4.88. The lowest BCUT2D eigenvalue weighted by molar-refractivity contribution is 0.281. The van der Waals surface area contributed by atoms with Gasteiger partial charge in [0.25, 0.3) is 0 Å². The summed E-state index contributed by atoms with van der Waals surface area (Å²) in [5.41, 5.74) is 0.889. The van der Waals surface area contributed by atoms with E-state index in [4.69, 9.17) is 5.11 Å². The number of aliphatic hydroxyl groups is 1. The summed E-state index contributed by atoms with van der Waals surface area (Å²) in [6, 6.07) is 4.03. The lowest BCUT2D eigenvalue weighted by atomic mass is 10.2. The van der Waals surface area contributed by atoms with E-state index in [0.29, 0.717) is 0 Å². The molecule has 2 rings (SSSR count). The van der Waals surface area contributed by atoms with Crippen molar-refractivity contribution in [2.45, 2.75) is 11.5 Å². The number of fused-ring (bicyclic) bond motifs is 1. The van der Waals surface area contributed by atoms with Gasteiger partial charge in [0.05, 0.1) is 6.61 Å². The molecule has 0 aliphatic carbocycles. The molecule has 0 atom stereocenters. The Morgan fingerprint density at radius 2 is 2.31 bits per heavy atom. The van der Waals surface area contributed by atoms with Gasteiger partial charge in [0, 0.05) is 19.5 Å². The van der Waals surface area contributed by atoms with E-state index < -0.39 is 0 Å². The lowest BCUT2D eigenvalue weighted by Crippen LogP contribution is -1.86. The summed E-state index contributed by atoms with van der Waals surface area (Å²) in [4.78, 5) is 0.905. The predicted octanol–water partition coefficient (Wildman–Crippen LogP) is 3.44. The quantitative estimate of drug-likeness (QED) is 0.764. The van der Waals surface area contributed by atoms with Crippen LogP contribution in [-0.4, -0.2) is 5.11 Å². The predicted molar refractivity (Wildman–Crippen MR) is 62.7 cm³/mol.